The molecule has 0 fully saturated rings. The fourth-order valence-corrected chi connectivity index (χ4v) is 1.85. The SMILES string of the molecule is Fc1cccc(F)c1C(Cl)Cc1ncc[nH]1. The average Bonchev–Trinajstić information content (AvgIpc) is 2.70. The maximum Gasteiger partial charge on any atom is 0.130 e. The predicted octanol–water partition coefficient (Wildman–Crippen LogP) is 3.21. The second kappa shape index (κ2) is 4.61. The lowest BCUT2D eigenvalue weighted by molar-refractivity contribution is 0.549. The largest absolute Gasteiger partial charge is 0.349 e. The number of halogens is 3. The number of alkyl halides is 1. The number of H-pyrrole nitrogens is 1. The van der Waals surface area contributed by atoms with Gasteiger partial charge in [-0.1, -0.05) is 6.07 Å². The van der Waals surface area contributed by atoms with Crippen molar-refractivity contribution in [3.8, 4) is 0 Å². The molecule has 16 heavy (non-hydrogen) atoms. The third-order valence-electron chi connectivity index (χ3n) is 2.24. The third kappa shape index (κ3) is 2.22. The maximum absolute atomic E-state index is 13.4. The zero-order chi connectivity index (χ0) is 11.5. The molecular weight excluding hydrogens is 234 g/mol. The molecule has 1 aromatic heterocycles. The van der Waals surface area contributed by atoms with E-state index in [0.29, 0.717) is 5.82 Å². The molecule has 0 aliphatic rings. The van der Waals surface area contributed by atoms with Crippen LogP contribution in [0.15, 0.2) is 30.6 Å². The molecule has 0 bridgehead atoms. The van der Waals surface area contributed by atoms with E-state index in [2.05, 4.69) is 9.97 Å². The van der Waals surface area contributed by atoms with Gasteiger partial charge in [0.2, 0.25) is 0 Å². The zero-order valence-corrected chi connectivity index (χ0v) is 9.01. The van der Waals surface area contributed by atoms with E-state index in [1.54, 1.807) is 12.4 Å². The number of imidazole rings is 1. The van der Waals surface area contributed by atoms with Crippen LogP contribution in [-0.4, -0.2) is 9.97 Å². The van der Waals surface area contributed by atoms with E-state index >= 15 is 0 Å². The van der Waals surface area contributed by atoms with Crippen LogP contribution in [0.4, 0.5) is 8.78 Å². The number of hydrogen-bond donors (Lipinski definition) is 1. The molecule has 2 rings (SSSR count). The van der Waals surface area contributed by atoms with Crippen molar-refractivity contribution in [3.05, 3.63) is 53.6 Å². The maximum atomic E-state index is 13.4. The van der Waals surface area contributed by atoms with Crippen molar-refractivity contribution in [1.29, 1.82) is 0 Å². The highest BCUT2D eigenvalue weighted by Gasteiger charge is 2.18. The minimum Gasteiger partial charge on any atom is -0.349 e. The Morgan fingerprint density at radius 2 is 2.00 bits per heavy atom. The van der Waals surface area contributed by atoms with Gasteiger partial charge in [0.05, 0.1) is 5.38 Å². The summed E-state index contributed by atoms with van der Waals surface area (Å²) in [5.74, 6) is -0.666. The first-order valence-corrected chi connectivity index (χ1v) is 5.18. The molecule has 0 radical (unpaired) electrons. The quantitative estimate of drug-likeness (QED) is 0.823. The van der Waals surface area contributed by atoms with Gasteiger partial charge in [-0.2, -0.15) is 0 Å². The molecule has 0 aliphatic carbocycles. The van der Waals surface area contributed by atoms with Gasteiger partial charge in [0.25, 0.3) is 0 Å². The number of aromatic nitrogens is 2. The number of rotatable bonds is 3. The first-order chi connectivity index (χ1) is 7.68. The number of benzene rings is 1. The average molecular weight is 243 g/mol. The minimum absolute atomic E-state index is 0.111. The highest BCUT2D eigenvalue weighted by Crippen LogP contribution is 2.28. The summed E-state index contributed by atoms with van der Waals surface area (Å²) in [6.45, 7) is 0. The van der Waals surface area contributed by atoms with Crippen LogP contribution in [0.2, 0.25) is 0 Å². The lowest BCUT2D eigenvalue weighted by atomic mass is 10.1. The molecule has 1 aromatic carbocycles. The van der Waals surface area contributed by atoms with Gasteiger partial charge < -0.3 is 4.98 Å². The van der Waals surface area contributed by atoms with E-state index in [-0.39, 0.29) is 12.0 Å². The van der Waals surface area contributed by atoms with Crippen molar-refractivity contribution >= 4 is 11.6 Å². The first kappa shape index (κ1) is 11.1. The molecule has 1 N–H and O–H groups in total. The Morgan fingerprint density at radius 1 is 1.31 bits per heavy atom. The normalized spacial score (nSPS) is 12.7. The van der Waals surface area contributed by atoms with Crippen LogP contribution in [0.25, 0.3) is 0 Å². The van der Waals surface area contributed by atoms with E-state index in [0.717, 1.165) is 0 Å². The number of aromatic amines is 1. The van der Waals surface area contributed by atoms with Crippen LogP contribution in [0.3, 0.4) is 0 Å². The van der Waals surface area contributed by atoms with Gasteiger partial charge >= 0.3 is 0 Å². The third-order valence-corrected chi connectivity index (χ3v) is 2.61. The van der Waals surface area contributed by atoms with E-state index < -0.39 is 17.0 Å². The van der Waals surface area contributed by atoms with Gasteiger partial charge in [-0.3, -0.25) is 0 Å². The zero-order valence-electron chi connectivity index (χ0n) is 8.25. The smallest absolute Gasteiger partial charge is 0.130 e. The predicted molar refractivity (Wildman–Crippen MR) is 57.2 cm³/mol. The van der Waals surface area contributed by atoms with E-state index in [1.165, 1.54) is 18.2 Å². The molecule has 0 saturated carbocycles. The van der Waals surface area contributed by atoms with E-state index in [1.807, 2.05) is 0 Å². The molecular formula is C11H9ClF2N2. The van der Waals surface area contributed by atoms with Crippen molar-refractivity contribution in [3.63, 3.8) is 0 Å². The molecule has 1 atom stereocenters. The van der Waals surface area contributed by atoms with Gasteiger partial charge in [-0.05, 0) is 12.1 Å². The summed E-state index contributed by atoms with van der Waals surface area (Å²) in [5, 5.41) is -0.771. The van der Waals surface area contributed by atoms with Crippen LogP contribution in [-0.2, 0) is 6.42 Å². The van der Waals surface area contributed by atoms with Crippen molar-refractivity contribution in [2.24, 2.45) is 0 Å². The summed E-state index contributed by atoms with van der Waals surface area (Å²) < 4.78 is 26.7. The van der Waals surface area contributed by atoms with Gasteiger partial charge in [0, 0.05) is 24.4 Å². The van der Waals surface area contributed by atoms with Crippen LogP contribution >= 0.6 is 11.6 Å². The molecule has 2 nitrogen and oxygen atoms in total. The summed E-state index contributed by atoms with van der Waals surface area (Å²) >= 11 is 5.97. The Hall–Kier alpha value is -1.42. The molecule has 0 saturated heterocycles. The van der Waals surface area contributed by atoms with Gasteiger partial charge in [-0.15, -0.1) is 11.6 Å². The topological polar surface area (TPSA) is 28.7 Å². The molecule has 0 spiro atoms. The first-order valence-electron chi connectivity index (χ1n) is 4.74. The molecule has 2 aromatic rings. The summed E-state index contributed by atoms with van der Waals surface area (Å²) in [4.78, 5) is 6.79. The van der Waals surface area contributed by atoms with Crippen LogP contribution in [0, 0.1) is 11.6 Å². The lowest BCUT2D eigenvalue weighted by Crippen LogP contribution is -2.03. The summed E-state index contributed by atoms with van der Waals surface area (Å²) in [6, 6.07) is 3.69. The Kier molecular flexibility index (Phi) is 3.19. The molecule has 0 aliphatic heterocycles. The summed E-state index contributed by atoms with van der Waals surface area (Å²) in [7, 11) is 0. The van der Waals surface area contributed by atoms with Crippen LogP contribution < -0.4 is 0 Å². The molecule has 0 amide bonds. The second-order valence-electron chi connectivity index (χ2n) is 3.34. The van der Waals surface area contributed by atoms with E-state index in [4.69, 9.17) is 11.6 Å². The van der Waals surface area contributed by atoms with Crippen molar-refractivity contribution in [2.45, 2.75) is 11.8 Å². The fraction of sp³-hybridized carbons (Fsp3) is 0.182. The monoisotopic (exact) mass is 242 g/mol. The van der Waals surface area contributed by atoms with Crippen LogP contribution in [0.1, 0.15) is 16.8 Å². The van der Waals surface area contributed by atoms with Crippen molar-refractivity contribution in [2.75, 3.05) is 0 Å². The molecule has 1 heterocycles. The molecule has 84 valence electrons. The van der Waals surface area contributed by atoms with Crippen molar-refractivity contribution < 1.29 is 8.78 Å². The highest BCUT2D eigenvalue weighted by molar-refractivity contribution is 6.20. The number of nitrogens with one attached hydrogen (secondary N) is 1. The van der Waals surface area contributed by atoms with Gasteiger partial charge in [-0.25, -0.2) is 13.8 Å². The Bertz CT molecular complexity index is 451. The highest BCUT2D eigenvalue weighted by atomic mass is 35.5. The van der Waals surface area contributed by atoms with Crippen LogP contribution in [0.5, 0.6) is 0 Å². The van der Waals surface area contributed by atoms with Crippen molar-refractivity contribution in [1.82, 2.24) is 9.97 Å². The second-order valence-corrected chi connectivity index (χ2v) is 3.87. The molecule has 5 heteroatoms. The molecule has 1 unspecified atom stereocenters. The standard InChI is InChI=1S/C11H9ClF2N2/c12-7(6-10-15-4-5-16-10)11-8(13)2-1-3-9(11)14/h1-5,7H,6H2,(H,15,16). The van der Waals surface area contributed by atoms with Gasteiger partial charge in [0.1, 0.15) is 17.5 Å². The Balaban J connectivity index is 2.24. The number of nitrogens with zero attached hydrogens (tertiary/aromatic N) is 1. The fourth-order valence-electron chi connectivity index (χ4n) is 1.49. The Labute approximate surface area is 96.3 Å². The lowest BCUT2D eigenvalue weighted by Gasteiger charge is -2.10. The summed E-state index contributed by atoms with van der Waals surface area (Å²) in [5.41, 5.74) is -0.111. The number of hydrogen-bond acceptors (Lipinski definition) is 1. The van der Waals surface area contributed by atoms with Gasteiger partial charge in [0.15, 0.2) is 0 Å². The minimum atomic E-state index is -0.771. The Morgan fingerprint density at radius 3 is 2.56 bits per heavy atom. The summed E-state index contributed by atoms with van der Waals surface area (Å²) in [6.07, 6.45) is 3.46. The van der Waals surface area contributed by atoms with E-state index in [9.17, 15) is 8.78 Å².